The van der Waals surface area contributed by atoms with Gasteiger partial charge < -0.3 is 11.5 Å². The average Bonchev–Trinajstić information content (AvgIpc) is 3.08. The fraction of sp³-hybridized carbons (Fsp3) is 0.136. The Morgan fingerprint density at radius 2 is 1.64 bits per heavy atom. The van der Waals surface area contributed by atoms with Gasteiger partial charge in [-0.25, -0.2) is 14.2 Å². The molecule has 3 aromatic rings. The van der Waals surface area contributed by atoms with Crippen LogP contribution in [0.3, 0.4) is 0 Å². The Labute approximate surface area is 193 Å². The second kappa shape index (κ2) is 10.6. The maximum Gasteiger partial charge on any atom is 0.281 e. The van der Waals surface area contributed by atoms with Gasteiger partial charge in [-0.05, 0) is 56.3 Å². The van der Waals surface area contributed by atoms with Crippen LogP contribution in [0.2, 0.25) is 0 Å². The molecule has 2 heterocycles. The number of carbonyl (C=O) groups excluding carboxylic acids is 2. The van der Waals surface area contributed by atoms with E-state index in [1.165, 1.54) is 0 Å². The molecule has 33 heavy (non-hydrogen) atoms. The van der Waals surface area contributed by atoms with E-state index in [0.29, 0.717) is 27.8 Å². The molecule has 0 radical (unpaired) electrons. The Kier molecular flexibility index (Phi) is 7.59. The summed E-state index contributed by atoms with van der Waals surface area (Å²) in [6, 6.07) is 14.6. The fourth-order valence-electron chi connectivity index (χ4n) is 2.63. The van der Waals surface area contributed by atoms with Crippen LogP contribution in [0.5, 0.6) is 0 Å². The molecule has 2 aromatic carbocycles. The van der Waals surface area contributed by atoms with E-state index in [1.807, 2.05) is 19.1 Å². The van der Waals surface area contributed by atoms with Crippen molar-refractivity contribution in [3.8, 4) is 0 Å². The first kappa shape index (κ1) is 23.7. The first-order valence-corrected chi connectivity index (χ1v) is 11.0. The van der Waals surface area contributed by atoms with Gasteiger partial charge in [-0.1, -0.05) is 17.7 Å². The third-order valence-electron chi connectivity index (χ3n) is 4.52. The normalized spacial score (nSPS) is 15.8. The minimum atomic E-state index is -1.37. The smallest absolute Gasteiger partial charge is 0.281 e. The number of nitrogens with two attached hydrogens (primary N) is 2. The van der Waals surface area contributed by atoms with Gasteiger partial charge in [-0.3, -0.25) is 14.3 Å². The molecule has 0 fully saturated rings. The summed E-state index contributed by atoms with van der Waals surface area (Å²) >= 11 is 0. The maximum atomic E-state index is 12.0. The molecule has 0 aliphatic carbocycles. The predicted molar refractivity (Wildman–Crippen MR) is 126 cm³/mol. The van der Waals surface area contributed by atoms with Crippen molar-refractivity contribution >= 4 is 40.1 Å². The van der Waals surface area contributed by atoms with Crippen molar-refractivity contribution in [1.29, 1.82) is 0 Å². The average molecular weight is 466 g/mol. The monoisotopic (exact) mass is 465 g/mol. The number of hydrogen-bond acceptors (Lipinski definition) is 8. The molecule has 11 heteroatoms. The number of nitrogen functional groups attached to an aromatic ring is 1. The Bertz CT molecular complexity index is 1180. The highest BCUT2D eigenvalue weighted by molar-refractivity contribution is 7.86. The second-order valence-electron chi connectivity index (χ2n) is 7.05. The molecule has 5 N–H and O–H groups in total. The standard InChI is InChI=1S/C12H13N3O2.C10H10N4OS/c1-7-3-5-9(6-4-7)11(16)15-12(17)10(13)8(2)14-15;11-8-2-4-9(5-3-8)16(15)14-10-12-6-1-7-13-10/h3-6,10H,13H2,1-2H3;1-7H,11H2,(H,12,13,14). The summed E-state index contributed by atoms with van der Waals surface area (Å²) in [7, 11) is -1.37. The van der Waals surface area contributed by atoms with Gasteiger partial charge in [0.05, 0.1) is 10.6 Å². The summed E-state index contributed by atoms with van der Waals surface area (Å²) in [5, 5.41) is 4.71. The number of hydrazone groups is 1. The van der Waals surface area contributed by atoms with Gasteiger partial charge >= 0.3 is 0 Å². The molecule has 1 aromatic heterocycles. The van der Waals surface area contributed by atoms with Crippen molar-refractivity contribution < 1.29 is 13.8 Å². The van der Waals surface area contributed by atoms with Crippen LogP contribution >= 0.6 is 0 Å². The Hall–Kier alpha value is -3.96. The van der Waals surface area contributed by atoms with Gasteiger partial charge in [0.2, 0.25) is 5.95 Å². The van der Waals surface area contributed by atoms with Crippen LogP contribution in [0.1, 0.15) is 22.8 Å². The fourth-order valence-corrected chi connectivity index (χ4v) is 3.40. The van der Waals surface area contributed by atoms with Crippen molar-refractivity contribution in [2.75, 3.05) is 10.5 Å². The highest BCUT2D eigenvalue weighted by atomic mass is 32.2. The van der Waals surface area contributed by atoms with E-state index in [1.54, 1.807) is 61.8 Å². The van der Waals surface area contributed by atoms with E-state index >= 15 is 0 Å². The van der Waals surface area contributed by atoms with Crippen molar-refractivity contribution in [3.05, 3.63) is 78.1 Å². The van der Waals surface area contributed by atoms with Crippen LogP contribution in [0.4, 0.5) is 11.6 Å². The van der Waals surface area contributed by atoms with E-state index in [0.717, 1.165) is 10.6 Å². The van der Waals surface area contributed by atoms with Crippen molar-refractivity contribution in [3.63, 3.8) is 0 Å². The Balaban J connectivity index is 0.000000186. The van der Waals surface area contributed by atoms with Crippen molar-refractivity contribution in [2.45, 2.75) is 24.8 Å². The van der Waals surface area contributed by atoms with Crippen LogP contribution in [0.15, 0.2) is 77.0 Å². The molecule has 1 aliphatic heterocycles. The molecule has 0 saturated carbocycles. The number of aromatic nitrogens is 2. The van der Waals surface area contributed by atoms with Gasteiger partial charge in [0.1, 0.15) is 6.04 Å². The zero-order chi connectivity index (χ0) is 24.0. The van der Waals surface area contributed by atoms with E-state index in [4.69, 9.17) is 11.5 Å². The third-order valence-corrected chi connectivity index (χ3v) is 5.59. The molecule has 1 aliphatic rings. The Morgan fingerprint density at radius 3 is 2.18 bits per heavy atom. The quantitative estimate of drug-likeness (QED) is 0.392. The highest BCUT2D eigenvalue weighted by Gasteiger charge is 2.34. The minimum absolute atomic E-state index is 0.331. The van der Waals surface area contributed by atoms with Crippen LogP contribution in [0, 0.1) is 6.92 Å². The van der Waals surface area contributed by atoms with Crippen LogP contribution < -0.4 is 16.2 Å². The summed E-state index contributed by atoms with van der Waals surface area (Å²) in [5.74, 6) is -0.590. The first-order chi connectivity index (χ1) is 15.8. The van der Waals surface area contributed by atoms with E-state index in [2.05, 4.69) is 19.8 Å². The van der Waals surface area contributed by atoms with Gasteiger partial charge in [0.15, 0.2) is 11.0 Å². The number of amides is 2. The number of nitrogens with zero attached hydrogens (tertiary/aromatic N) is 4. The van der Waals surface area contributed by atoms with E-state index in [9.17, 15) is 13.8 Å². The van der Waals surface area contributed by atoms with E-state index < -0.39 is 28.8 Å². The van der Waals surface area contributed by atoms with Crippen molar-refractivity contribution in [1.82, 2.24) is 15.0 Å². The lowest BCUT2D eigenvalue weighted by molar-refractivity contribution is -0.127. The zero-order valence-corrected chi connectivity index (χ0v) is 18.8. The number of imide groups is 1. The summed E-state index contributed by atoms with van der Waals surface area (Å²) < 4.78 is 14.5. The van der Waals surface area contributed by atoms with Crippen LogP contribution in [0.25, 0.3) is 0 Å². The number of anilines is 2. The molecule has 0 saturated heterocycles. The van der Waals surface area contributed by atoms with Gasteiger partial charge in [-0.15, -0.1) is 0 Å². The molecule has 4 rings (SSSR count). The SMILES string of the molecule is CC1=NN(C(=O)c2ccc(C)cc2)C(=O)C1N.Nc1ccc(S(=O)Nc2ncccn2)cc1. The number of rotatable bonds is 4. The second-order valence-corrected chi connectivity index (χ2v) is 8.27. The predicted octanol–water partition coefficient (Wildman–Crippen LogP) is 1.87. The zero-order valence-electron chi connectivity index (χ0n) is 18.0. The minimum Gasteiger partial charge on any atom is -0.399 e. The molecule has 170 valence electrons. The maximum absolute atomic E-state index is 12.0. The molecule has 0 bridgehead atoms. The lowest BCUT2D eigenvalue weighted by Gasteiger charge is -2.10. The van der Waals surface area contributed by atoms with Crippen LogP contribution in [-0.2, 0) is 15.8 Å². The number of benzene rings is 2. The van der Waals surface area contributed by atoms with E-state index in [-0.39, 0.29) is 0 Å². The van der Waals surface area contributed by atoms with Gasteiger partial charge in [-0.2, -0.15) is 10.1 Å². The molecular formula is C22H23N7O3S. The largest absolute Gasteiger partial charge is 0.399 e. The molecule has 2 unspecified atom stereocenters. The molecular weight excluding hydrogens is 442 g/mol. The number of carbonyl (C=O) groups is 2. The highest BCUT2D eigenvalue weighted by Crippen LogP contribution is 2.14. The molecule has 10 nitrogen and oxygen atoms in total. The molecule has 0 spiro atoms. The summed E-state index contributed by atoms with van der Waals surface area (Å²) in [6.07, 6.45) is 3.16. The summed E-state index contributed by atoms with van der Waals surface area (Å²) in [4.78, 5) is 32.1. The molecule has 2 amide bonds. The Morgan fingerprint density at radius 1 is 1.03 bits per heavy atom. The summed E-state index contributed by atoms with van der Waals surface area (Å²) in [5.41, 5.74) is 13.7. The first-order valence-electron chi connectivity index (χ1n) is 9.83. The lowest BCUT2D eigenvalue weighted by atomic mass is 10.1. The number of nitrogens with one attached hydrogen (secondary N) is 1. The van der Waals surface area contributed by atoms with Crippen LogP contribution in [-0.4, -0.2) is 42.8 Å². The molecule has 2 atom stereocenters. The van der Waals surface area contributed by atoms with Crippen molar-refractivity contribution in [2.24, 2.45) is 10.8 Å². The summed E-state index contributed by atoms with van der Waals surface area (Å²) in [6.45, 7) is 3.55. The topological polar surface area (TPSA) is 157 Å². The number of aryl methyl sites for hydroxylation is 1. The number of hydrogen-bond donors (Lipinski definition) is 3. The van der Waals surface area contributed by atoms with Gasteiger partial charge in [0, 0.05) is 23.6 Å². The third kappa shape index (κ3) is 6.05. The lowest BCUT2D eigenvalue weighted by Crippen LogP contribution is -2.40. The van der Waals surface area contributed by atoms with Gasteiger partial charge in [0.25, 0.3) is 11.8 Å².